The van der Waals surface area contributed by atoms with E-state index in [9.17, 15) is 18.0 Å². The Morgan fingerprint density at radius 1 is 1.19 bits per heavy atom. The number of benzene rings is 2. The third kappa shape index (κ3) is 3.47. The van der Waals surface area contributed by atoms with Gasteiger partial charge in [0.25, 0.3) is 5.24 Å². The van der Waals surface area contributed by atoms with Crippen molar-refractivity contribution in [1.82, 2.24) is 14.6 Å². The third-order valence-electron chi connectivity index (χ3n) is 3.62. The Bertz CT molecular complexity index is 1170. The van der Waals surface area contributed by atoms with Crippen LogP contribution in [0.4, 0.5) is 23.7 Å². The number of anilines is 1. The largest absolute Gasteiger partial charge is 0.418 e. The lowest BCUT2D eigenvalue weighted by atomic mass is 10.1. The van der Waals surface area contributed by atoms with Gasteiger partial charge in [0.1, 0.15) is 0 Å². The van der Waals surface area contributed by atoms with Crippen LogP contribution in [0.2, 0.25) is 5.02 Å². The molecule has 2 aromatic carbocycles. The first-order valence-electron chi connectivity index (χ1n) is 7.41. The number of alkyl halides is 3. The zero-order valence-electron chi connectivity index (χ0n) is 13.1. The first kappa shape index (κ1) is 18.1. The van der Waals surface area contributed by atoms with E-state index in [4.69, 9.17) is 11.6 Å². The summed E-state index contributed by atoms with van der Waals surface area (Å²) < 4.78 is 42.0. The highest BCUT2D eigenvalue weighted by molar-refractivity contribution is 8.13. The smallest absolute Gasteiger partial charge is 0.316 e. The molecule has 5 nitrogen and oxygen atoms in total. The number of thioether (sulfide) groups is 1. The maximum Gasteiger partial charge on any atom is 0.418 e. The summed E-state index contributed by atoms with van der Waals surface area (Å²) >= 11 is 7.83. The number of thiazole rings is 1. The number of aromatic nitrogens is 3. The minimum Gasteiger partial charge on any atom is -0.316 e. The number of hydrogen-bond donors (Lipinski definition) is 1. The molecule has 2 heterocycles. The number of nitrogens with one attached hydrogen (secondary N) is 1. The number of fused-ring (bicyclic) bond motifs is 3. The average Bonchev–Trinajstić information content (AvgIpc) is 3.13. The van der Waals surface area contributed by atoms with Crippen molar-refractivity contribution in [2.24, 2.45) is 0 Å². The first-order valence-corrected chi connectivity index (χ1v) is 9.42. The quantitative estimate of drug-likeness (QED) is 0.401. The monoisotopic (exact) mass is 428 g/mol. The summed E-state index contributed by atoms with van der Waals surface area (Å²) in [4.78, 5) is 12.9. The molecule has 4 rings (SSSR count). The van der Waals surface area contributed by atoms with E-state index >= 15 is 0 Å². The Kier molecular flexibility index (Phi) is 4.49. The number of carbonyl (C=O) groups is 1. The maximum atomic E-state index is 13.1. The fourth-order valence-corrected chi connectivity index (χ4v) is 4.39. The van der Waals surface area contributed by atoms with Gasteiger partial charge in [-0.1, -0.05) is 35.1 Å². The molecule has 2 aromatic heterocycles. The van der Waals surface area contributed by atoms with Crippen molar-refractivity contribution in [3.8, 4) is 0 Å². The van der Waals surface area contributed by atoms with E-state index in [1.165, 1.54) is 11.3 Å². The number of para-hydroxylation sites is 1. The van der Waals surface area contributed by atoms with Gasteiger partial charge in [-0.15, -0.1) is 10.2 Å². The first-order chi connectivity index (χ1) is 12.8. The Morgan fingerprint density at radius 2 is 1.96 bits per heavy atom. The summed E-state index contributed by atoms with van der Waals surface area (Å²) in [5.74, 6) is 0. The predicted octanol–water partition coefficient (Wildman–Crippen LogP) is 5.94. The molecule has 0 radical (unpaired) electrons. The van der Waals surface area contributed by atoms with Crippen molar-refractivity contribution in [1.29, 1.82) is 0 Å². The molecule has 0 atom stereocenters. The number of carbonyl (C=O) groups excluding carboxylic acids is 1. The predicted molar refractivity (Wildman–Crippen MR) is 99.7 cm³/mol. The molecule has 1 amide bonds. The molecule has 0 saturated carbocycles. The van der Waals surface area contributed by atoms with Gasteiger partial charge >= 0.3 is 6.18 Å². The zero-order chi connectivity index (χ0) is 19.2. The summed E-state index contributed by atoms with van der Waals surface area (Å²) in [6, 6.07) is 10.5. The van der Waals surface area contributed by atoms with Gasteiger partial charge in [-0.3, -0.25) is 9.20 Å². The highest BCUT2D eigenvalue weighted by Gasteiger charge is 2.34. The Balaban J connectivity index is 1.64. The molecule has 0 unspecified atom stereocenters. The third-order valence-corrected chi connectivity index (χ3v) is 5.60. The molecular weight excluding hydrogens is 421 g/mol. The molecule has 0 fully saturated rings. The molecule has 138 valence electrons. The minimum absolute atomic E-state index is 0.0806. The lowest BCUT2D eigenvalue weighted by molar-refractivity contribution is -0.136. The molecular formula is C16H8ClF3N4OS2. The molecule has 0 spiro atoms. The van der Waals surface area contributed by atoms with Crippen LogP contribution >= 0.6 is 34.7 Å². The Labute approximate surface area is 163 Å². The average molecular weight is 429 g/mol. The number of amides is 1. The zero-order valence-corrected chi connectivity index (χ0v) is 15.5. The molecule has 11 heteroatoms. The lowest BCUT2D eigenvalue weighted by Gasteiger charge is -2.13. The van der Waals surface area contributed by atoms with E-state index in [1.807, 2.05) is 24.3 Å². The summed E-state index contributed by atoms with van der Waals surface area (Å²) in [6.45, 7) is 0. The summed E-state index contributed by atoms with van der Waals surface area (Å²) in [7, 11) is 0. The van der Waals surface area contributed by atoms with E-state index in [0.717, 1.165) is 28.4 Å². The summed E-state index contributed by atoms with van der Waals surface area (Å²) in [5, 5.41) is 9.82. The highest BCUT2D eigenvalue weighted by Crippen LogP contribution is 2.37. The van der Waals surface area contributed by atoms with Crippen LogP contribution in [0.1, 0.15) is 5.56 Å². The van der Waals surface area contributed by atoms with Gasteiger partial charge < -0.3 is 5.32 Å². The molecule has 0 aliphatic carbocycles. The van der Waals surface area contributed by atoms with Crippen molar-refractivity contribution in [2.45, 2.75) is 11.3 Å². The van der Waals surface area contributed by atoms with Crippen LogP contribution in [0, 0.1) is 0 Å². The molecule has 0 aliphatic rings. The highest BCUT2D eigenvalue weighted by atomic mass is 35.5. The van der Waals surface area contributed by atoms with Gasteiger partial charge in [-0.2, -0.15) is 13.2 Å². The fourth-order valence-electron chi connectivity index (χ4n) is 2.51. The van der Waals surface area contributed by atoms with Crippen LogP contribution in [0.15, 0.2) is 47.6 Å². The van der Waals surface area contributed by atoms with Gasteiger partial charge in [0.05, 0.1) is 21.5 Å². The normalized spacial score (nSPS) is 12.0. The second-order valence-electron chi connectivity index (χ2n) is 5.37. The van der Waals surface area contributed by atoms with Gasteiger partial charge in [0.15, 0.2) is 0 Å². The Hall–Kier alpha value is -2.30. The maximum absolute atomic E-state index is 13.1. The van der Waals surface area contributed by atoms with E-state index in [2.05, 4.69) is 15.5 Å². The molecule has 0 bridgehead atoms. The molecule has 0 saturated heterocycles. The summed E-state index contributed by atoms with van der Waals surface area (Å²) in [5.41, 5.74) is -0.576. The SMILES string of the molecule is O=C(Nc1cc(Cl)ccc1C(F)(F)F)Sc1nnc2sc3ccccc3n12. The van der Waals surface area contributed by atoms with Crippen molar-refractivity contribution in [3.63, 3.8) is 0 Å². The topological polar surface area (TPSA) is 59.3 Å². The van der Waals surface area contributed by atoms with Crippen molar-refractivity contribution in [3.05, 3.63) is 53.1 Å². The van der Waals surface area contributed by atoms with Crippen LogP contribution in [-0.2, 0) is 6.18 Å². The van der Waals surface area contributed by atoms with Gasteiger partial charge in [-0.25, -0.2) is 0 Å². The molecule has 0 aliphatic heterocycles. The number of hydrogen-bond acceptors (Lipinski definition) is 5. The van der Waals surface area contributed by atoms with Crippen molar-refractivity contribution >= 4 is 60.8 Å². The van der Waals surface area contributed by atoms with Crippen molar-refractivity contribution in [2.75, 3.05) is 5.32 Å². The van der Waals surface area contributed by atoms with E-state index in [-0.39, 0.29) is 10.2 Å². The summed E-state index contributed by atoms with van der Waals surface area (Å²) in [6.07, 6.45) is -4.62. The second-order valence-corrected chi connectivity index (χ2v) is 7.76. The van der Waals surface area contributed by atoms with Crippen LogP contribution in [0.5, 0.6) is 0 Å². The number of rotatable bonds is 2. The van der Waals surface area contributed by atoms with E-state index in [0.29, 0.717) is 16.7 Å². The molecule has 27 heavy (non-hydrogen) atoms. The van der Waals surface area contributed by atoms with Crippen LogP contribution < -0.4 is 5.32 Å². The lowest BCUT2D eigenvalue weighted by Crippen LogP contribution is -2.13. The van der Waals surface area contributed by atoms with Gasteiger partial charge in [0, 0.05) is 16.8 Å². The van der Waals surface area contributed by atoms with Gasteiger partial charge in [-0.05, 0) is 30.3 Å². The van der Waals surface area contributed by atoms with E-state index < -0.39 is 22.7 Å². The van der Waals surface area contributed by atoms with Crippen LogP contribution in [0.3, 0.4) is 0 Å². The van der Waals surface area contributed by atoms with E-state index in [1.54, 1.807) is 4.40 Å². The minimum atomic E-state index is -4.62. The fraction of sp³-hybridized carbons (Fsp3) is 0.0625. The molecule has 4 aromatic rings. The second kappa shape index (κ2) is 6.70. The van der Waals surface area contributed by atoms with Crippen molar-refractivity contribution < 1.29 is 18.0 Å². The number of nitrogens with zero attached hydrogens (tertiary/aromatic N) is 3. The van der Waals surface area contributed by atoms with Crippen LogP contribution in [0.25, 0.3) is 15.2 Å². The molecule has 1 N–H and O–H groups in total. The van der Waals surface area contributed by atoms with Crippen LogP contribution in [-0.4, -0.2) is 19.8 Å². The van der Waals surface area contributed by atoms with Gasteiger partial charge in [0.2, 0.25) is 10.1 Å². The standard InChI is InChI=1S/C16H8ClF3N4OS2/c17-8-5-6-9(16(18,19)20)10(7-8)21-15(25)27-14-23-22-13-24(14)11-3-1-2-4-12(11)26-13/h1-7H,(H,21,25). The number of halogens is 4. The Morgan fingerprint density at radius 3 is 2.74 bits per heavy atom.